The van der Waals surface area contributed by atoms with Crippen molar-refractivity contribution < 1.29 is 9.53 Å². The van der Waals surface area contributed by atoms with Gasteiger partial charge in [-0.3, -0.25) is 4.79 Å². The molecule has 1 fully saturated rings. The largest absolute Gasteiger partial charge is 0.383 e. The molecule has 1 saturated heterocycles. The van der Waals surface area contributed by atoms with Crippen LogP contribution >= 0.6 is 0 Å². The van der Waals surface area contributed by atoms with E-state index in [1.807, 2.05) is 18.0 Å². The number of carbonyl (C=O) groups excluding carboxylic acids is 1. The maximum Gasteiger partial charge on any atom is 0.239 e. The van der Waals surface area contributed by atoms with E-state index in [2.05, 4.69) is 21.7 Å². The molecule has 0 radical (unpaired) electrons. The van der Waals surface area contributed by atoms with E-state index in [-0.39, 0.29) is 5.91 Å². The first kappa shape index (κ1) is 14.7. The van der Waals surface area contributed by atoms with Crippen molar-refractivity contribution >= 4 is 11.7 Å². The number of nitrogens with zero attached hydrogens (tertiary/aromatic N) is 2. The Bertz CT molecular complexity index is 464. The number of hydrogen-bond acceptors (Lipinski definition) is 5. The number of methoxy groups -OCH3 is 1. The fourth-order valence-electron chi connectivity index (χ4n) is 2.28. The lowest BCUT2D eigenvalue weighted by Gasteiger charge is -2.28. The number of piperazine rings is 1. The molecule has 0 aromatic carbocycles. The van der Waals surface area contributed by atoms with Crippen molar-refractivity contribution in [3.63, 3.8) is 0 Å². The monoisotopic (exact) mass is 278 g/mol. The molecule has 0 saturated carbocycles. The average Bonchev–Trinajstić information content (AvgIpc) is 2.44. The molecule has 6 nitrogen and oxygen atoms in total. The number of aryl methyl sites for hydroxylation is 1. The van der Waals surface area contributed by atoms with Gasteiger partial charge in [0.05, 0.1) is 13.2 Å². The fourth-order valence-corrected chi connectivity index (χ4v) is 2.28. The second kappa shape index (κ2) is 7.21. The van der Waals surface area contributed by atoms with Gasteiger partial charge < -0.3 is 20.3 Å². The molecule has 1 aromatic rings. The molecule has 1 aliphatic rings. The summed E-state index contributed by atoms with van der Waals surface area (Å²) >= 11 is 0. The highest BCUT2D eigenvalue weighted by atomic mass is 16.5. The van der Waals surface area contributed by atoms with Crippen LogP contribution in [0.3, 0.4) is 0 Å². The Morgan fingerprint density at radius 1 is 1.55 bits per heavy atom. The Labute approximate surface area is 119 Å². The van der Waals surface area contributed by atoms with E-state index in [9.17, 15) is 4.79 Å². The van der Waals surface area contributed by atoms with Crippen molar-refractivity contribution in [1.82, 2.24) is 15.6 Å². The minimum Gasteiger partial charge on any atom is -0.383 e. The number of rotatable bonds is 6. The average molecular weight is 278 g/mol. The fraction of sp³-hybridized carbons (Fsp3) is 0.571. The topological polar surface area (TPSA) is 66.5 Å². The maximum absolute atomic E-state index is 11.4. The lowest BCUT2D eigenvalue weighted by Crippen LogP contribution is -2.48. The minimum absolute atomic E-state index is 0.0581. The lowest BCUT2D eigenvalue weighted by atomic mass is 10.2. The van der Waals surface area contributed by atoms with Gasteiger partial charge in [-0.05, 0) is 24.1 Å². The summed E-state index contributed by atoms with van der Waals surface area (Å²) < 4.78 is 4.99. The number of pyridine rings is 1. The molecule has 20 heavy (non-hydrogen) atoms. The van der Waals surface area contributed by atoms with E-state index < -0.39 is 0 Å². The van der Waals surface area contributed by atoms with Crippen LogP contribution in [0.4, 0.5) is 5.82 Å². The Balaban J connectivity index is 1.96. The van der Waals surface area contributed by atoms with E-state index in [0.29, 0.717) is 19.7 Å². The summed E-state index contributed by atoms with van der Waals surface area (Å²) in [6.45, 7) is 6.22. The maximum atomic E-state index is 11.4. The van der Waals surface area contributed by atoms with Gasteiger partial charge in [0.15, 0.2) is 0 Å². The zero-order valence-corrected chi connectivity index (χ0v) is 12.1. The molecular formula is C14H22N4O2. The van der Waals surface area contributed by atoms with Gasteiger partial charge in [-0.25, -0.2) is 4.98 Å². The molecule has 0 spiro atoms. The number of ether oxygens (including phenoxy) is 1. The zero-order chi connectivity index (χ0) is 14.4. The highest BCUT2D eigenvalue weighted by molar-refractivity contribution is 5.82. The lowest BCUT2D eigenvalue weighted by molar-refractivity contribution is -0.120. The Morgan fingerprint density at radius 3 is 3.10 bits per heavy atom. The van der Waals surface area contributed by atoms with Crippen molar-refractivity contribution in [2.45, 2.75) is 13.5 Å². The van der Waals surface area contributed by atoms with Crippen LogP contribution in [-0.2, 0) is 16.1 Å². The van der Waals surface area contributed by atoms with Crippen molar-refractivity contribution in [2.75, 3.05) is 44.8 Å². The summed E-state index contributed by atoms with van der Waals surface area (Å²) in [5, 5.41) is 6.12. The summed E-state index contributed by atoms with van der Waals surface area (Å²) in [6.07, 6.45) is 1.87. The van der Waals surface area contributed by atoms with Crippen LogP contribution in [-0.4, -0.2) is 50.8 Å². The molecule has 6 heteroatoms. The van der Waals surface area contributed by atoms with Crippen molar-refractivity contribution in [3.8, 4) is 0 Å². The predicted molar refractivity (Wildman–Crippen MR) is 77.8 cm³/mol. The first-order valence-corrected chi connectivity index (χ1v) is 6.87. The third-order valence-electron chi connectivity index (χ3n) is 3.26. The van der Waals surface area contributed by atoms with E-state index >= 15 is 0 Å². The normalized spacial score (nSPS) is 15.3. The van der Waals surface area contributed by atoms with E-state index in [0.717, 1.165) is 36.6 Å². The van der Waals surface area contributed by atoms with Crippen molar-refractivity contribution in [3.05, 3.63) is 23.4 Å². The molecular weight excluding hydrogens is 256 g/mol. The van der Waals surface area contributed by atoms with Gasteiger partial charge >= 0.3 is 0 Å². The quantitative estimate of drug-likeness (QED) is 0.721. The highest BCUT2D eigenvalue weighted by Crippen LogP contribution is 2.18. The van der Waals surface area contributed by atoms with Gasteiger partial charge in [-0.2, -0.15) is 0 Å². The van der Waals surface area contributed by atoms with Crippen LogP contribution in [0, 0.1) is 6.92 Å². The third-order valence-corrected chi connectivity index (χ3v) is 3.26. The number of amides is 1. The van der Waals surface area contributed by atoms with E-state index in [1.54, 1.807) is 7.11 Å². The smallest absolute Gasteiger partial charge is 0.239 e. The molecule has 110 valence electrons. The van der Waals surface area contributed by atoms with Crippen LogP contribution in [0.1, 0.15) is 11.1 Å². The molecule has 2 N–H and O–H groups in total. The summed E-state index contributed by atoms with van der Waals surface area (Å²) in [5.41, 5.74) is 2.24. The van der Waals surface area contributed by atoms with Gasteiger partial charge in [-0.15, -0.1) is 0 Å². The van der Waals surface area contributed by atoms with Crippen LogP contribution in [0.2, 0.25) is 0 Å². The standard InChI is InChI=1S/C14H22N4O2/c1-11-7-12(8-15-4-6-20-2)9-17-14(11)18-5-3-16-13(19)10-18/h7,9,15H,3-6,8,10H2,1-2H3,(H,16,19). The Hall–Kier alpha value is -1.66. The van der Waals surface area contributed by atoms with E-state index in [1.165, 1.54) is 0 Å². The SMILES string of the molecule is COCCNCc1cnc(N2CCNC(=O)C2)c(C)c1. The summed E-state index contributed by atoms with van der Waals surface area (Å²) in [4.78, 5) is 18.0. The van der Waals surface area contributed by atoms with Crippen LogP contribution in [0.5, 0.6) is 0 Å². The second-order valence-electron chi connectivity index (χ2n) is 4.93. The molecule has 2 rings (SSSR count). The molecule has 1 amide bonds. The first-order chi connectivity index (χ1) is 9.70. The Morgan fingerprint density at radius 2 is 2.40 bits per heavy atom. The van der Waals surface area contributed by atoms with E-state index in [4.69, 9.17) is 4.74 Å². The minimum atomic E-state index is 0.0581. The summed E-state index contributed by atoms with van der Waals surface area (Å²) in [7, 11) is 1.69. The van der Waals surface area contributed by atoms with Crippen molar-refractivity contribution in [1.29, 1.82) is 0 Å². The number of nitrogens with one attached hydrogen (secondary N) is 2. The highest BCUT2D eigenvalue weighted by Gasteiger charge is 2.18. The zero-order valence-electron chi connectivity index (χ0n) is 12.1. The Kier molecular flexibility index (Phi) is 5.31. The van der Waals surface area contributed by atoms with Crippen molar-refractivity contribution in [2.24, 2.45) is 0 Å². The molecule has 0 unspecified atom stereocenters. The molecule has 2 heterocycles. The molecule has 0 aliphatic carbocycles. The molecule has 0 atom stereocenters. The molecule has 1 aromatic heterocycles. The van der Waals surface area contributed by atoms with Gasteiger partial charge in [0.2, 0.25) is 5.91 Å². The molecule has 0 bridgehead atoms. The van der Waals surface area contributed by atoms with Gasteiger partial charge in [0.25, 0.3) is 0 Å². The third kappa shape index (κ3) is 3.91. The first-order valence-electron chi connectivity index (χ1n) is 6.87. The molecule has 1 aliphatic heterocycles. The van der Waals surface area contributed by atoms with Crippen LogP contribution in [0.15, 0.2) is 12.3 Å². The van der Waals surface area contributed by atoms with Gasteiger partial charge in [0.1, 0.15) is 5.82 Å². The van der Waals surface area contributed by atoms with Crippen LogP contribution < -0.4 is 15.5 Å². The van der Waals surface area contributed by atoms with Gasteiger partial charge in [-0.1, -0.05) is 0 Å². The summed E-state index contributed by atoms with van der Waals surface area (Å²) in [6, 6.07) is 2.12. The summed E-state index contributed by atoms with van der Waals surface area (Å²) in [5.74, 6) is 0.961. The second-order valence-corrected chi connectivity index (χ2v) is 4.93. The van der Waals surface area contributed by atoms with Crippen LogP contribution in [0.25, 0.3) is 0 Å². The number of aromatic nitrogens is 1. The number of carbonyl (C=O) groups is 1. The van der Waals surface area contributed by atoms with Gasteiger partial charge in [0, 0.05) is 39.5 Å². The predicted octanol–water partition coefficient (Wildman–Crippen LogP) is 0.0622. The number of anilines is 1. The number of hydrogen-bond donors (Lipinski definition) is 2.